The maximum Gasteiger partial charge on any atom is 0.255 e. The van der Waals surface area contributed by atoms with Crippen molar-refractivity contribution >= 4 is 33.7 Å². The summed E-state index contributed by atoms with van der Waals surface area (Å²) in [6, 6.07) is 19.8. The molecule has 3 aromatic rings. The van der Waals surface area contributed by atoms with E-state index in [1.807, 2.05) is 6.07 Å². The van der Waals surface area contributed by atoms with Crippen LogP contribution in [0.1, 0.15) is 18.1 Å². The summed E-state index contributed by atoms with van der Waals surface area (Å²) < 4.78 is 38.4. The molecule has 3 aromatic carbocycles. The van der Waals surface area contributed by atoms with E-state index in [1.54, 1.807) is 42.5 Å². The van der Waals surface area contributed by atoms with Crippen molar-refractivity contribution in [3.63, 3.8) is 0 Å². The second-order valence-electron chi connectivity index (χ2n) is 7.87. The smallest absolute Gasteiger partial charge is 0.255 e. The van der Waals surface area contributed by atoms with E-state index >= 15 is 0 Å². The number of hydrogen-bond acceptors (Lipinski definition) is 7. The van der Waals surface area contributed by atoms with Gasteiger partial charge in [-0.1, -0.05) is 30.3 Å². The standard InChI is InChI=1S/C26H28N4O6S/c1-19(31)28-22-10-13-24(14-11-22)37(33,34)30(17-20-7-5-4-6-8-20)18-26(32)29-27-16-21-9-12-23(35-2)15-25(21)36-3/h4-16H,17-18H2,1-3H3,(H,28,31)(H,29,32)/b27-16-. The molecule has 3 rings (SSSR count). The molecule has 0 unspecified atom stereocenters. The number of sulfonamides is 1. The molecule has 0 spiro atoms. The molecule has 2 N–H and O–H groups in total. The van der Waals surface area contributed by atoms with Crippen molar-refractivity contribution in [3.05, 3.63) is 83.9 Å². The van der Waals surface area contributed by atoms with Gasteiger partial charge in [0.05, 0.1) is 31.9 Å². The lowest BCUT2D eigenvalue weighted by Crippen LogP contribution is -2.39. The monoisotopic (exact) mass is 524 g/mol. The van der Waals surface area contributed by atoms with E-state index in [0.29, 0.717) is 28.3 Å². The summed E-state index contributed by atoms with van der Waals surface area (Å²) in [5.41, 5.74) is 4.13. The average molecular weight is 525 g/mol. The summed E-state index contributed by atoms with van der Waals surface area (Å²) in [4.78, 5) is 24.0. The van der Waals surface area contributed by atoms with Crippen LogP contribution in [0.25, 0.3) is 0 Å². The highest BCUT2D eigenvalue weighted by Crippen LogP contribution is 2.23. The van der Waals surface area contributed by atoms with Gasteiger partial charge in [0.15, 0.2) is 0 Å². The lowest BCUT2D eigenvalue weighted by atomic mass is 10.2. The molecule has 0 aliphatic heterocycles. The number of hydrogen-bond donors (Lipinski definition) is 2. The molecule has 0 heterocycles. The topological polar surface area (TPSA) is 126 Å². The van der Waals surface area contributed by atoms with Crippen molar-refractivity contribution in [3.8, 4) is 11.5 Å². The number of hydrazone groups is 1. The first-order valence-electron chi connectivity index (χ1n) is 11.2. The quantitative estimate of drug-likeness (QED) is 0.293. The zero-order chi connectivity index (χ0) is 26.8. The van der Waals surface area contributed by atoms with Crippen molar-refractivity contribution in [2.45, 2.75) is 18.4 Å². The van der Waals surface area contributed by atoms with E-state index in [0.717, 1.165) is 4.31 Å². The van der Waals surface area contributed by atoms with Crippen LogP contribution >= 0.6 is 0 Å². The second-order valence-corrected chi connectivity index (χ2v) is 9.80. The summed E-state index contributed by atoms with van der Waals surface area (Å²) >= 11 is 0. The van der Waals surface area contributed by atoms with Gasteiger partial charge >= 0.3 is 0 Å². The zero-order valence-corrected chi connectivity index (χ0v) is 21.5. The van der Waals surface area contributed by atoms with Crippen LogP contribution in [0.4, 0.5) is 5.69 Å². The highest BCUT2D eigenvalue weighted by Gasteiger charge is 2.27. The second kappa shape index (κ2) is 12.7. The average Bonchev–Trinajstić information content (AvgIpc) is 2.89. The molecule has 0 aromatic heterocycles. The van der Waals surface area contributed by atoms with Crippen molar-refractivity contribution in [1.29, 1.82) is 0 Å². The van der Waals surface area contributed by atoms with Gasteiger partial charge in [-0.3, -0.25) is 9.59 Å². The van der Waals surface area contributed by atoms with Gasteiger partial charge in [0.25, 0.3) is 5.91 Å². The molecule has 0 aliphatic carbocycles. The van der Waals surface area contributed by atoms with Crippen LogP contribution in [0.2, 0.25) is 0 Å². The van der Waals surface area contributed by atoms with Crippen LogP contribution in [0, 0.1) is 0 Å². The van der Waals surface area contributed by atoms with Gasteiger partial charge in [0.1, 0.15) is 11.5 Å². The van der Waals surface area contributed by atoms with E-state index in [1.165, 1.54) is 51.6 Å². The van der Waals surface area contributed by atoms with Crippen LogP contribution in [0.15, 0.2) is 82.8 Å². The Balaban J connectivity index is 1.78. The van der Waals surface area contributed by atoms with E-state index in [-0.39, 0.29) is 17.3 Å². The minimum Gasteiger partial charge on any atom is -0.497 e. The third-order valence-corrected chi connectivity index (χ3v) is 6.97. The molecule has 37 heavy (non-hydrogen) atoms. The maximum absolute atomic E-state index is 13.4. The Bertz CT molecular complexity index is 1360. The summed E-state index contributed by atoms with van der Waals surface area (Å²) in [7, 11) is -1.02. The number of methoxy groups -OCH3 is 2. The molecule has 11 heteroatoms. The van der Waals surface area contributed by atoms with Gasteiger partial charge in [-0.25, -0.2) is 13.8 Å². The molecule has 2 amide bonds. The third kappa shape index (κ3) is 7.63. The Kier molecular flexibility index (Phi) is 9.36. The van der Waals surface area contributed by atoms with Crippen LogP contribution in [0.3, 0.4) is 0 Å². The molecule has 0 fully saturated rings. The Morgan fingerprint density at radius 1 is 0.973 bits per heavy atom. The van der Waals surface area contributed by atoms with Gasteiger partial charge < -0.3 is 14.8 Å². The molecule has 0 aliphatic rings. The minimum absolute atomic E-state index is 0.0168. The third-order valence-electron chi connectivity index (χ3n) is 5.17. The van der Waals surface area contributed by atoms with Crippen LogP contribution in [0.5, 0.6) is 11.5 Å². The first kappa shape index (κ1) is 27.4. The van der Waals surface area contributed by atoms with E-state index in [4.69, 9.17) is 9.47 Å². The predicted octanol–water partition coefficient (Wildman–Crippen LogP) is 3.00. The van der Waals surface area contributed by atoms with Crippen LogP contribution in [-0.4, -0.2) is 51.5 Å². The molecule has 194 valence electrons. The molecule has 0 atom stereocenters. The van der Waals surface area contributed by atoms with Gasteiger partial charge in [0.2, 0.25) is 15.9 Å². The summed E-state index contributed by atoms with van der Waals surface area (Å²) in [6.07, 6.45) is 1.40. The number of carbonyl (C=O) groups is 2. The number of anilines is 1. The molecule has 0 radical (unpaired) electrons. The number of benzene rings is 3. The molecular formula is C26H28N4O6S. The van der Waals surface area contributed by atoms with Gasteiger partial charge in [0, 0.05) is 30.8 Å². The number of rotatable bonds is 11. The van der Waals surface area contributed by atoms with Crippen LogP contribution in [-0.2, 0) is 26.2 Å². The predicted molar refractivity (Wildman–Crippen MR) is 140 cm³/mol. The lowest BCUT2D eigenvalue weighted by molar-refractivity contribution is -0.121. The zero-order valence-electron chi connectivity index (χ0n) is 20.7. The number of nitrogens with zero attached hydrogens (tertiary/aromatic N) is 2. The van der Waals surface area contributed by atoms with Crippen molar-refractivity contribution in [2.24, 2.45) is 5.10 Å². The summed E-state index contributed by atoms with van der Waals surface area (Å²) in [5, 5.41) is 6.55. The van der Waals surface area contributed by atoms with Crippen molar-refractivity contribution in [2.75, 3.05) is 26.1 Å². The van der Waals surface area contributed by atoms with Crippen molar-refractivity contribution in [1.82, 2.24) is 9.73 Å². The number of nitrogens with one attached hydrogen (secondary N) is 2. The maximum atomic E-state index is 13.4. The molecule has 0 saturated heterocycles. The Morgan fingerprint density at radius 3 is 2.30 bits per heavy atom. The highest BCUT2D eigenvalue weighted by atomic mass is 32.2. The fraction of sp³-hybridized carbons (Fsp3) is 0.192. The lowest BCUT2D eigenvalue weighted by Gasteiger charge is -2.21. The first-order chi connectivity index (χ1) is 17.7. The fourth-order valence-corrected chi connectivity index (χ4v) is 4.75. The van der Waals surface area contributed by atoms with Gasteiger partial charge in [-0.15, -0.1) is 0 Å². The SMILES string of the molecule is COc1ccc(/C=N\NC(=O)CN(Cc2ccccc2)S(=O)(=O)c2ccc(NC(C)=O)cc2)c(OC)c1. The van der Waals surface area contributed by atoms with E-state index < -0.39 is 22.5 Å². The summed E-state index contributed by atoms with van der Waals surface area (Å²) in [5.74, 6) is 0.196. The Morgan fingerprint density at radius 2 is 1.68 bits per heavy atom. The molecule has 10 nitrogen and oxygen atoms in total. The van der Waals surface area contributed by atoms with Gasteiger partial charge in [-0.05, 0) is 42.0 Å². The fourth-order valence-electron chi connectivity index (χ4n) is 3.37. The molecular weight excluding hydrogens is 496 g/mol. The molecule has 0 saturated carbocycles. The largest absolute Gasteiger partial charge is 0.497 e. The Hall–Kier alpha value is -4.22. The minimum atomic E-state index is -4.06. The van der Waals surface area contributed by atoms with Crippen molar-refractivity contribution < 1.29 is 27.5 Å². The number of amides is 2. The van der Waals surface area contributed by atoms with E-state index in [2.05, 4.69) is 15.8 Å². The van der Waals surface area contributed by atoms with Gasteiger partial charge in [-0.2, -0.15) is 9.41 Å². The first-order valence-corrected chi connectivity index (χ1v) is 12.6. The highest BCUT2D eigenvalue weighted by molar-refractivity contribution is 7.89. The normalized spacial score (nSPS) is 11.4. The Labute approximate surface area is 216 Å². The summed E-state index contributed by atoms with van der Waals surface area (Å²) in [6.45, 7) is 0.861. The van der Waals surface area contributed by atoms with Crippen LogP contribution < -0.4 is 20.2 Å². The number of ether oxygens (including phenoxy) is 2. The molecule has 0 bridgehead atoms. The van der Waals surface area contributed by atoms with E-state index in [9.17, 15) is 18.0 Å². The number of carbonyl (C=O) groups excluding carboxylic acids is 2.